The Kier molecular flexibility index (Phi) is 3.77. The first kappa shape index (κ1) is 13.2. The van der Waals surface area contributed by atoms with Crippen LogP contribution in [0.5, 0.6) is 0 Å². The van der Waals surface area contributed by atoms with Crippen molar-refractivity contribution in [2.75, 3.05) is 5.73 Å². The molecule has 1 aromatic heterocycles. The topological polar surface area (TPSA) is 43.8 Å². The van der Waals surface area contributed by atoms with E-state index in [1.54, 1.807) is 0 Å². The molecule has 3 heteroatoms. The molecular formula is C17H23N3. The Hall–Kier alpha value is -1.77. The van der Waals surface area contributed by atoms with E-state index in [-0.39, 0.29) is 0 Å². The molecule has 2 N–H and O–H groups in total. The van der Waals surface area contributed by atoms with E-state index in [1.165, 1.54) is 43.2 Å². The summed E-state index contributed by atoms with van der Waals surface area (Å²) in [6.07, 6.45) is 8.46. The van der Waals surface area contributed by atoms with Crippen LogP contribution >= 0.6 is 0 Å². The summed E-state index contributed by atoms with van der Waals surface area (Å²) >= 11 is 0. The standard InChI is InChI=1S/C17H23N3/c1-13-7-9-14(10-8-13)11-20-12-16(18)17(19-20)15-5-3-2-4-6-15/h7-10,12,15H,2-6,11,18H2,1H3. The van der Waals surface area contributed by atoms with Gasteiger partial charge in [0.1, 0.15) is 0 Å². The smallest absolute Gasteiger partial charge is 0.0884 e. The fraction of sp³-hybridized carbons (Fsp3) is 0.471. The van der Waals surface area contributed by atoms with Gasteiger partial charge in [0, 0.05) is 12.1 Å². The number of rotatable bonds is 3. The van der Waals surface area contributed by atoms with E-state index in [0.29, 0.717) is 5.92 Å². The highest BCUT2D eigenvalue weighted by atomic mass is 15.3. The van der Waals surface area contributed by atoms with Crippen LogP contribution in [0, 0.1) is 6.92 Å². The van der Waals surface area contributed by atoms with Gasteiger partial charge in [0.15, 0.2) is 0 Å². The number of benzene rings is 1. The Morgan fingerprint density at radius 1 is 1.15 bits per heavy atom. The molecule has 0 aliphatic heterocycles. The van der Waals surface area contributed by atoms with Gasteiger partial charge in [0.05, 0.1) is 17.9 Å². The zero-order chi connectivity index (χ0) is 13.9. The molecular weight excluding hydrogens is 246 g/mol. The Labute approximate surface area is 120 Å². The zero-order valence-corrected chi connectivity index (χ0v) is 12.2. The summed E-state index contributed by atoms with van der Waals surface area (Å²) in [7, 11) is 0. The normalized spacial score (nSPS) is 16.4. The van der Waals surface area contributed by atoms with Crippen molar-refractivity contribution >= 4 is 5.69 Å². The minimum Gasteiger partial charge on any atom is -0.396 e. The lowest BCUT2D eigenvalue weighted by molar-refractivity contribution is 0.433. The molecule has 0 saturated heterocycles. The van der Waals surface area contributed by atoms with E-state index in [2.05, 4.69) is 31.2 Å². The van der Waals surface area contributed by atoms with E-state index in [4.69, 9.17) is 10.8 Å². The first-order valence-electron chi connectivity index (χ1n) is 7.61. The lowest BCUT2D eigenvalue weighted by Crippen LogP contribution is -2.08. The number of aryl methyl sites for hydroxylation is 1. The highest BCUT2D eigenvalue weighted by molar-refractivity contribution is 5.43. The summed E-state index contributed by atoms with van der Waals surface area (Å²) in [4.78, 5) is 0. The van der Waals surface area contributed by atoms with Gasteiger partial charge >= 0.3 is 0 Å². The van der Waals surface area contributed by atoms with Gasteiger partial charge in [-0.25, -0.2) is 0 Å². The maximum absolute atomic E-state index is 6.17. The van der Waals surface area contributed by atoms with Gasteiger partial charge in [-0.1, -0.05) is 49.1 Å². The van der Waals surface area contributed by atoms with Crippen LogP contribution in [0.4, 0.5) is 5.69 Å². The lowest BCUT2D eigenvalue weighted by atomic mass is 9.86. The highest BCUT2D eigenvalue weighted by Crippen LogP contribution is 2.34. The van der Waals surface area contributed by atoms with Gasteiger partial charge in [0.2, 0.25) is 0 Å². The van der Waals surface area contributed by atoms with Crippen molar-refractivity contribution in [3.63, 3.8) is 0 Å². The van der Waals surface area contributed by atoms with Crippen LogP contribution in [0.1, 0.15) is 54.8 Å². The molecule has 1 aliphatic rings. The molecule has 3 nitrogen and oxygen atoms in total. The number of nitrogen functional groups attached to an aromatic ring is 1. The zero-order valence-electron chi connectivity index (χ0n) is 12.2. The maximum Gasteiger partial charge on any atom is 0.0884 e. The molecule has 0 atom stereocenters. The van der Waals surface area contributed by atoms with Crippen LogP contribution in [0.25, 0.3) is 0 Å². The molecule has 1 saturated carbocycles. The fourth-order valence-corrected chi connectivity index (χ4v) is 3.11. The second-order valence-corrected chi connectivity index (χ2v) is 5.99. The number of hydrogen-bond donors (Lipinski definition) is 1. The third-order valence-electron chi connectivity index (χ3n) is 4.28. The van der Waals surface area contributed by atoms with Crippen LogP contribution < -0.4 is 5.73 Å². The molecule has 0 amide bonds. The van der Waals surface area contributed by atoms with Gasteiger partial charge in [0.25, 0.3) is 0 Å². The second kappa shape index (κ2) is 5.70. The number of hydrogen-bond acceptors (Lipinski definition) is 2. The SMILES string of the molecule is Cc1ccc(Cn2cc(N)c(C3CCCCC3)n2)cc1. The Morgan fingerprint density at radius 2 is 1.85 bits per heavy atom. The molecule has 0 radical (unpaired) electrons. The average molecular weight is 269 g/mol. The molecule has 0 spiro atoms. The third kappa shape index (κ3) is 2.87. The molecule has 1 heterocycles. The predicted octanol–water partition coefficient (Wildman–Crippen LogP) is 3.87. The molecule has 1 fully saturated rings. The van der Waals surface area contributed by atoms with Gasteiger partial charge in [-0.05, 0) is 25.3 Å². The largest absolute Gasteiger partial charge is 0.396 e. The van der Waals surface area contributed by atoms with E-state index in [9.17, 15) is 0 Å². The van der Waals surface area contributed by atoms with E-state index in [1.807, 2.05) is 10.9 Å². The van der Waals surface area contributed by atoms with E-state index in [0.717, 1.165) is 17.9 Å². The number of aromatic nitrogens is 2. The van der Waals surface area contributed by atoms with E-state index >= 15 is 0 Å². The summed E-state index contributed by atoms with van der Waals surface area (Å²) in [6, 6.07) is 8.61. The monoisotopic (exact) mass is 269 g/mol. The Balaban J connectivity index is 1.76. The average Bonchev–Trinajstić information content (AvgIpc) is 2.83. The summed E-state index contributed by atoms with van der Waals surface area (Å²) in [5.41, 5.74) is 10.7. The van der Waals surface area contributed by atoms with Crippen molar-refractivity contribution in [1.82, 2.24) is 9.78 Å². The molecule has 0 bridgehead atoms. The van der Waals surface area contributed by atoms with Crippen LogP contribution in [0.2, 0.25) is 0 Å². The van der Waals surface area contributed by atoms with Crippen LogP contribution in [-0.4, -0.2) is 9.78 Å². The van der Waals surface area contributed by atoms with Crippen molar-refractivity contribution < 1.29 is 0 Å². The minimum absolute atomic E-state index is 0.572. The van der Waals surface area contributed by atoms with Crippen molar-refractivity contribution in [2.45, 2.75) is 51.5 Å². The van der Waals surface area contributed by atoms with Crippen LogP contribution in [0.3, 0.4) is 0 Å². The summed E-state index contributed by atoms with van der Waals surface area (Å²) < 4.78 is 1.99. The molecule has 2 aromatic rings. The number of nitrogens with zero attached hydrogens (tertiary/aromatic N) is 2. The van der Waals surface area contributed by atoms with Crippen molar-refractivity contribution in [3.8, 4) is 0 Å². The molecule has 1 aromatic carbocycles. The quantitative estimate of drug-likeness (QED) is 0.919. The highest BCUT2D eigenvalue weighted by Gasteiger charge is 2.20. The minimum atomic E-state index is 0.572. The van der Waals surface area contributed by atoms with E-state index < -0.39 is 0 Å². The van der Waals surface area contributed by atoms with Crippen LogP contribution in [0.15, 0.2) is 30.5 Å². The lowest BCUT2D eigenvalue weighted by Gasteiger charge is -2.20. The predicted molar refractivity (Wildman–Crippen MR) is 82.7 cm³/mol. The Bertz CT molecular complexity index is 562. The first-order chi connectivity index (χ1) is 9.72. The summed E-state index contributed by atoms with van der Waals surface area (Å²) in [5, 5.41) is 4.74. The number of anilines is 1. The fourth-order valence-electron chi connectivity index (χ4n) is 3.11. The Morgan fingerprint density at radius 3 is 2.55 bits per heavy atom. The molecule has 20 heavy (non-hydrogen) atoms. The maximum atomic E-state index is 6.17. The van der Waals surface area contributed by atoms with Crippen molar-refractivity contribution in [1.29, 1.82) is 0 Å². The van der Waals surface area contributed by atoms with Crippen LogP contribution in [-0.2, 0) is 6.54 Å². The molecule has 1 aliphatic carbocycles. The number of nitrogens with two attached hydrogens (primary N) is 1. The van der Waals surface area contributed by atoms with Gasteiger partial charge in [-0.15, -0.1) is 0 Å². The van der Waals surface area contributed by atoms with Gasteiger partial charge < -0.3 is 5.73 Å². The van der Waals surface area contributed by atoms with Crippen molar-refractivity contribution in [3.05, 3.63) is 47.3 Å². The second-order valence-electron chi connectivity index (χ2n) is 5.99. The molecule has 3 rings (SSSR count). The van der Waals surface area contributed by atoms with Gasteiger partial charge in [-0.3, -0.25) is 4.68 Å². The first-order valence-corrected chi connectivity index (χ1v) is 7.61. The van der Waals surface area contributed by atoms with Gasteiger partial charge in [-0.2, -0.15) is 5.10 Å². The molecule has 0 unspecified atom stereocenters. The molecule has 106 valence electrons. The summed E-state index contributed by atoms with van der Waals surface area (Å²) in [5.74, 6) is 0.572. The van der Waals surface area contributed by atoms with Crippen molar-refractivity contribution in [2.24, 2.45) is 0 Å². The summed E-state index contributed by atoms with van der Waals surface area (Å²) in [6.45, 7) is 2.91. The third-order valence-corrected chi connectivity index (χ3v) is 4.28.